The molecule has 0 spiro atoms. The standard InChI is InChI=1S/C23H24ClNO7/c1-12(26)32-18-11-15(13-6-7-17(28-2)16(24)8-13)21(22(18)25-27)14-9-19(29-3)23(31-5)20(10-14)30-4/h6-10,18,27H,11H2,1-5H3. The van der Waals surface area contributed by atoms with E-state index in [9.17, 15) is 10.0 Å². The van der Waals surface area contributed by atoms with E-state index >= 15 is 0 Å². The van der Waals surface area contributed by atoms with Crippen LogP contribution in [0.2, 0.25) is 5.02 Å². The van der Waals surface area contributed by atoms with Gasteiger partial charge in [0.2, 0.25) is 5.75 Å². The van der Waals surface area contributed by atoms with E-state index in [-0.39, 0.29) is 12.1 Å². The van der Waals surface area contributed by atoms with Crippen LogP contribution in [0.5, 0.6) is 23.0 Å². The number of methoxy groups -OCH3 is 4. The van der Waals surface area contributed by atoms with Crippen molar-refractivity contribution in [2.24, 2.45) is 5.16 Å². The van der Waals surface area contributed by atoms with Gasteiger partial charge < -0.3 is 28.9 Å². The molecule has 0 bridgehead atoms. The molecule has 3 rings (SSSR count). The predicted molar refractivity (Wildman–Crippen MR) is 120 cm³/mol. The van der Waals surface area contributed by atoms with Crippen molar-refractivity contribution >= 4 is 34.4 Å². The summed E-state index contributed by atoms with van der Waals surface area (Å²) in [4.78, 5) is 11.7. The van der Waals surface area contributed by atoms with Gasteiger partial charge in [0.05, 0.1) is 33.5 Å². The van der Waals surface area contributed by atoms with Crippen LogP contribution in [0, 0.1) is 0 Å². The Morgan fingerprint density at radius 1 is 0.969 bits per heavy atom. The molecule has 1 N–H and O–H groups in total. The zero-order valence-corrected chi connectivity index (χ0v) is 19.1. The Balaban J connectivity index is 2.28. The molecule has 8 nitrogen and oxygen atoms in total. The molecule has 0 radical (unpaired) electrons. The number of ether oxygens (including phenoxy) is 5. The Morgan fingerprint density at radius 2 is 1.59 bits per heavy atom. The minimum absolute atomic E-state index is 0.205. The number of hydrogen-bond donors (Lipinski definition) is 1. The lowest BCUT2D eigenvalue weighted by molar-refractivity contribution is -0.143. The first kappa shape index (κ1) is 23.3. The highest BCUT2D eigenvalue weighted by Gasteiger charge is 2.36. The molecule has 1 aliphatic carbocycles. The molecule has 2 aromatic rings. The Hall–Kier alpha value is -3.39. The summed E-state index contributed by atoms with van der Waals surface area (Å²) in [5.74, 6) is 1.31. The number of carbonyl (C=O) groups excluding carboxylic acids is 1. The second-order valence-corrected chi connectivity index (χ2v) is 7.31. The third-order valence-corrected chi connectivity index (χ3v) is 5.42. The number of rotatable bonds is 7. The topological polar surface area (TPSA) is 95.8 Å². The Morgan fingerprint density at radius 3 is 2.06 bits per heavy atom. The van der Waals surface area contributed by atoms with E-state index in [0.717, 1.165) is 11.1 Å². The van der Waals surface area contributed by atoms with Crippen LogP contribution in [-0.4, -0.2) is 51.4 Å². The van der Waals surface area contributed by atoms with Crippen LogP contribution in [0.4, 0.5) is 0 Å². The van der Waals surface area contributed by atoms with Crippen LogP contribution in [-0.2, 0) is 9.53 Å². The quantitative estimate of drug-likeness (QED) is 0.369. The van der Waals surface area contributed by atoms with Crippen molar-refractivity contribution < 1.29 is 33.7 Å². The lowest BCUT2D eigenvalue weighted by Crippen LogP contribution is -2.23. The van der Waals surface area contributed by atoms with Gasteiger partial charge in [-0.15, -0.1) is 0 Å². The molecular weight excluding hydrogens is 438 g/mol. The highest BCUT2D eigenvalue weighted by Crippen LogP contribution is 2.46. The van der Waals surface area contributed by atoms with E-state index in [1.165, 1.54) is 35.4 Å². The van der Waals surface area contributed by atoms with Crippen LogP contribution >= 0.6 is 11.6 Å². The number of hydrogen-bond acceptors (Lipinski definition) is 8. The summed E-state index contributed by atoms with van der Waals surface area (Å²) in [6.45, 7) is 1.30. The van der Waals surface area contributed by atoms with Gasteiger partial charge in [0.1, 0.15) is 11.5 Å². The first-order valence-corrected chi connectivity index (χ1v) is 10.0. The van der Waals surface area contributed by atoms with E-state index in [4.69, 9.17) is 35.3 Å². The fraction of sp³-hybridized carbons (Fsp3) is 0.304. The number of carbonyl (C=O) groups is 1. The van der Waals surface area contributed by atoms with Gasteiger partial charge in [-0.1, -0.05) is 22.8 Å². The third-order valence-electron chi connectivity index (χ3n) is 5.12. The maximum atomic E-state index is 11.7. The summed E-state index contributed by atoms with van der Waals surface area (Å²) >= 11 is 6.36. The molecule has 0 saturated carbocycles. The van der Waals surface area contributed by atoms with Gasteiger partial charge in [0, 0.05) is 18.9 Å². The van der Waals surface area contributed by atoms with Crippen molar-refractivity contribution in [3.05, 3.63) is 46.5 Å². The second kappa shape index (κ2) is 9.82. The van der Waals surface area contributed by atoms with E-state index in [2.05, 4.69) is 5.16 Å². The number of benzene rings is 2. The summed E-state index contributed by atoms with van der Waals surface area (Å²) < 4.78 is 27.0. The van der Waals surface area contributed by atoms with Gasteiger partial charge in [-0.25, -0.2) is 0 Å². The lowest BCUT2D eigenvalue weighted by Gasteiger charge is -2.16. The van der Waals surface area contributed by atoms with Crippen LogP contribution in [0.25, 0.3) is 11.1 Å². The van der Waals surface area contributed by atoms with Crippen molar-refractivity contribution in [2.45, 2.75) is 19.4 Å². The van der Waals surface area contributed by atoms with Gasteiger partial charge in [-0.05, 0) is 41.0 Å². The number of nitrogens with zero attached hydrogens (tertiary/aromatic N) is 1. The molecule has 2 aromatic carbocycles. The molecule has 1 unspecified atom stereocenters. The fourth-order valence-electron chi connectivity index (χ4n) is 3.78. The van der Waals surface area contributed by atoms with Crippen LogP contribution in [0.3, 0.4) is 0 Å². The van der Waals surface area contributed by atoms with E-state index in [1.807, 2.05) is 6.07 Å². The molecule has 1 aliphatic rings. The van der Waals surface area contributed by atoms with Crippen molar-refractivity contribution in [1.82, 2.24) is 0 Å². The molecule has 0 fully saturated rings. The minimum atomic E-state index is -0.775. The summed E-state index contributed by atoms with van der Waals surface area (Å²) in [6.07, 6.45) is -0.490. The Bertz CT molecular complexity index is 1070. The second-order valence-electron chi connectivity index (χ2n) is 6.90. The molecule has 9 heteroatoms. The number of esters is 1. The smallest absolute Gasteiger partial charge is 0.303 e. The molecule has 170 valence electrons. The van der Waals surface area contributed by atoms with Crippen molar-refractivity contribution in [3.8, 4) is 23.0 Å². The monoisotopic (exact) mass is 461 g/mol. The number of halogens is 1. The summed E-state index contributed by atoms with van der Waals surface area (Å²) in [5, 5.41) is 13.8. The molecule has 32 heavy (non-hydrogen) atoms. The highest BCUT2D eigenvalue weighted by molar-refractivity contribution is 6.36. The van der Waals surface area contributed by atoms with Gasteiger partial charge in [0.15, 0.2) is 17.6 Å². The normalized spacial score (nSPS) is 16.8. The molecule has 0 aliphatic heterocycles. The first-order valence-electron chi connectivity index (χ1n) is 9.65. The Labute approximate surface area is 190 Å². The average Bonchev–Trinajstić information content (AvgIpc) is 3.15. The van der Waals surface area contributed by atoms with E-state index in [1.54, 1.807) is 24.3 Å². The molecule has 0 amide bonds. The van der Waals surface area contributed by atoms with E-state index < -0.39 is 12.1 Å². The van der Waals surface area contributed by atoms with Crippen LogP contribution in [0.15, 0.2) is 35.5 Å². The maximum Gasteiger partial charge on any atom is 0.303 e. The van der Waals surface area contributed by atoms with Crippen LogP contribution < -0.4 is 18.9 Å². The third kappa shape index (κ3) is 4.31. The van der Waals surface area contributed by atoms with Crippen molar-refractivity contribution in [3.63, 3.8) is 0 Å². The number of oxime groups is 1. The van der Waals surface area contributed by atoms with Crippen LogP contribution in [0.1, 0.15) is 24.5 Å². The highest BCUT2D eigenvalue weighted by atomic mass is 35.5. The summed E-state index contributed by atoms with van der Waals surface area (Å²) in [7, 11) is 6.06. The van der Waals surface area contributed by atoms with Gasteiger partial charge >= 0.3 is 5.97 Å². The van der Waals surface area contributed by atoms with Gasteiger partial charge in [-0.2, -0.15) is 0 Å². The molecule has 1 atom stereocenters. The maximum absolute atomic E-state index is 11.7. The Kier molecular flexibility index (Phi) is 7.15. The summed E-state index contributed by atoms with van der Waals surface area (Å²) in [6, 6.07) is 8.81. The largest absolute Gasteiger partial charge is 0.495 e. The molecule has 0 saturated heterocycles. The minimum Gasteiger partial charge on any atom is -0.495 e. The predicted octanol–water partition coefficient (Wildman–Crippen LogP) is 4.45. The molecule has 0 aromatic heterocycles. The molecule has 0 heterocycles. The molecular formula is C23H24ClNO7. The average molecular weight is 462 g/mol. The zero-order valence-electron chi connectivity index (χ0n) is 18.4. The summed E-state index contributed by atoms with van der Waals surface area (Å²) in [5.41, 5.74) is 2.93. The first-order chi connectivity index (χ1) is 15.4. The van der Waals surface area contributed by atoms with E-state index in [0.29, 0.717) is 39.2 Å². The zero-order chi connectivity index (χ0) is 23.4. The van der Waals surface area contributed by atoms with Gasteiger partial charge in [-0.3, -0.25) is 4.79 Å². The fourth-order valence-corrected chi connectivity index (χ4v) is 4.03. The van der Waals surface area contributed by atoms with Crippen molar-refractivity contribution in [1.29, 1.82) is 0 Å². The lowest BCUT2D eigenvalue weighted by atomic mass is 9.95. The van der Waals surface area contributed by atoms with Gasteiger partial charge in [0.25, 0.3) is 0 Å². The SMILES string of the molecule is COc1ccc(C2=C(c3cc(OC)c(OC)c(OC)c3)C(=NO)C(OC(C)=O)C2)cc1Cl. The van der Waals surface area contributed by atoms with Crippen molar-refractivity contribution in [2.75, 3.05) is 28.4 Å².